The van der Waals surface area contributed by atoms with Crippen LogP contribution in [0.4, 0.5) is 0 Å². The molecule has 3 heteroatoms. The van der Waals surface area contributed by atoms with Gasteiger partial charge in [-0.2, -0.15) is 0 Å². The molecule has 1 aromatic heterocycles. The summed E-state index contributed by atoms with van der Waals surface area (Å²) in [7, 11) is 0. The van der Waals surface area contributed by atoms with Crippen molar-refractivity contribution in [2.24, 2.45) is 0 Å². The van der Waals surface area contributed by atoms with E-state index in [0.717, 1.165) is 5.56 Å². The number of para-hydroxylation sites is 1. The van der Waals surface area contributed by atoms with Gasteiger partial charge in [0.2, 0.25) is 5.78 Å². The van der Waals surface area contributed by atoms with Crippen molar-refractivity contribution in [1.29, 1.82) is 0 Å². The Morgan fingerprint density at radius 2 is 1.82 bits per heavy atom. The standard InChI is InChI=1S/C14H9NO2/c16-14-11-3-1-2-4-12(11)17-13(14)9-10-5-7-15-8-6-10/h1-9H. The van der Waals surface area contributed by atoms with E-state index in [9.17, 15) is 4.79 Å². The van der Waals surface area contributed by atoms with Gasteiger partial charge in [0.1, 0.15) is 5.75 Å². The topological polar surface area (TPSA) is 39.2 Å². The van der Waals surface area contributed by atoms with Crippen LogP contribution < -0.4 is 4.74 Å². The maximum absolute atomic E-state index is 12.0. The number of nitrogens with zero attached hydrogens (tertiary/aromatic N) is 1. The van der Waals surface area contributed by atoms with Gasteiger partial charge in [0.05, 0.1) is 5.56 Å². The molecule has 2 aromatic rings. The minimum absolute atomic E-state index is 0.0718. The molecule has 0 unspecified atom stereocenters. The minimum Gasteiger partial charge on any atom is -0.452 e. The molecule has 3 rings (SSSR count). The van der Waals surface area contributed by atoms with Crippen molar-refractivity contribution >= 4 is 11.9 Å². The zero-order valence-electron chi connectivity index (χ0n) is 8.96. The molecular formula is C14H9NO2. The highest BCUT2D eigenvalue weighted by Gasteiger charge is 2.26. The van der Waals surface area contributed by atoms with Gasteiger partial charge in [0.25, 0.3) is 0 Å². The molecule has 0 N–H and O–H groups in total. The Balaban J connectivity index is 2.00. The predicted molar refractivity (Wildman–Crippen MR) is 63.6 cm³/mol. The van der Waals surface area contributed by atoms with Gasteiger partial charge < -0.3 is 4.74 Å². The number of benzene rings is 1. The average Bonchev–Trinajstić information content (AvgIpc) is 2.68. The molecule has 1 aliphatic heterocycles. The normalized spacial score (nSPS) is 15.8. The first-order valence-corrected chi connectivity index (χ1v) is 5.28. The number of ether oxygens (including phenoxy) is 1. The molecule has 17 heavy (non-hydrogen) atoms. The van der Waals surface area contributed by atoms with Crippen LogP contribution in [0.3, 0.4) is 0 Å². The van der Waals surface area contributed by atoms with Gasteiger partial charge >= 0.3 is 0 Å². The van der Waals surface area contributed by atoms with Crippen LogP contribution in [0.15, 0.2) is 54.6 Å². The van der Waals surface area contributed by atoms with E-state index >= 15 is 0 Å². The fourth-order valence-corrected chi connectivity index (χ4v) is 1.75. The van der Waals surface area contributed by atoms with Crippen molar-refractivity contribution in [2.75, 3.05) is 0 Å². The molecule has 1 aliphatic rings. The maximum atomic E-state index is 12.0. The first-order chi connectivity index (χ1) is 8.34. The highest BCUT2D eigenvalue weighted by atomic mass is 16.5. The van der Waals surface area contributed by atoms with Gasteiger partial charge in [-0.05, 0) is 35.9 Å². The van der Waals surface area contributed by atoms with Gasteiger partial charge in [-0.3, -0.25) is 9.78 Å². The summed E-state index contributed by atoms with van der Waals surface area (Å²) in [4.78, 5) is 15.9. The number of carbonyl (C=O) groups excluding carboxylic acids is 1. The van der Waals surface area contributed by atoms with Gasteiger partial charge in [0.15, 0.2) is 5.76 Å². The van der Waals surface area contributed by atoms with Crippen LogP contribution >= 0.6 is 0 Å². The van der Waals surface area contributed by atoms with Crippen molar-refractivity contribution in [3.63, 3.8) is 0 Å². The Morgan fingerprint density at radius 1 is 1.06 bits per heavy atom. The Hall–Kier alpha value is -2.42. The second kappa shape index (κ2) is 3.87. The minimum atomic E-state index is -0.0718. The molecule has 0 spiro atoms. The summed E-state index contributed by atoms with van der Waals surface area (Å²) in [5.74, 6) is 0.910. The SMILES string of the molecule is O=C1C(=Cc2ccncc2)Oc2ccccc21. The lowest BCUT2D eigenvalue weighted by Gasteiger charge is -1.97. The quantitative estimate of drug-likeness (QED) is 0.698. The first kappa shape index (κ1) is 9.78. The molecule has 0 fully saturated rings. The second-order valence-electron chi connectivity index (χ2n) is 3.72. The molecule has 0 atom stereocenters. The zero-order valence-corrected chi connectivity index (χ0v) is 8.96. The van der Waals surface area contributed by atoms with E-state index in [1.807, 2.05) is 24.3 Å². The molecule has 0 amide bonds. The van der Waals surface area contributed by atoms with Crippen LogP contribution in [0, 0.1) is 0 Å². The summed E-state index contributed by atoms with van der Waals surface area (Å²) >= 11 is 0. The van der Waals surface area contributed by atoms with Crippen LogP contribution in [0.1, 0.15) is 15.9 Å². The number of rotatable bonds is 1. The number of pyridine rings is 1. The summed E-state index contributed by atoms with van der Waals surface area (Å²) in [6, 6.07) is 10.9. The molecule has 2 heterocycles. The Labute approximate surface area is 98.4 Å². The summed E-state index contributed by atoms with van der Waals surface area (Å²) in [6.07, 6.45) is 5.09. The number of hydrogen-bond donors (Lipinski definition) is 0. The summed E-state index contributed by atoms with van der Waals surface area (Å²) < 4.78 is 5.51. The molecule has 0 bridgehead atoms. The lowest BCUT2D eigenvalue weighted by atomic mass is 10.1. The van der Waals surface area contributed by atoms with E-state index in [2.05, 4.69) is 4.98 Å². The molecule has 1 aromatic carbocycles. The highest BCUT2D eigenvalue weighted by molar-refractivity contribution is 6.14. The van der Waals surface area contributed by atoms with Gasteiger partial charge in [-0.25, -0.2) is 0 Å². The summed E-state index contributed by atoms with van der Waals surface area (Å²) in [6.45, 7) is 0. The van der Waals surface area contributed by atoms with Crippen LogP contribution in [0.2, 0.25) is 0 Å². The van der Waals surface area contributed by atoms with Crippen LogP contribution in [0.25, 0.3) is 6.08 Å². The Morgan fingerprint density at radius 3 is 2.59 bits per heavy atom. The van der Waals surface area contributed by atoms with E-state index in [-0.39, 0.29) is 5.78 Å². The third-order valence-corrected chi connectivity index (χ3v) is 2.58. The summed E-state index contributed by atoms with van der Waals surface area (Å²) in [5.41, 5.74) is 1.52. The van der Waals surface area contributed by atoms with Crippen molar-refractivity contribution in [3.8, 4) is 5.75 Å². The third-order valence-electron chi connectivity index (χ3n) is 2.58. The molecule has 82 valence electrons. The molecule has 3 nitrogen and oxygen atoms in total. The van der Waals surface area contributed by atoms with Gasteiger partial charge in [0, 0.05) is 12.4 Å². The van der Waals surface area contributed by atoms with E-state index < -0.39 is 0 Å². The largest absolute Gasteiger partial charge is 0.452 e. The van der Waals surface area contributed by atoms with Crippen LogP contribution in [-0.4, -0.2) is 10.8 Å². The molecular weight excluding hydrogens is 214 g/mol. The lowest BCUT2D eigenvalue weighted by molar-refractivity contribution is 0.101. The lowest BCUT2D eigenvalue weighted by Crippen LogP contribution is -1.97. The van der Waals surface area contributed by atoms with E-state index in [4.69, 9.17) is 4.74 Å². The summed E-state index contributed by atoms with van der Waals surface area (Å²) in [5, 5.41) is 0. The Bertz CT molecular complexity index is 603. The maximum Gasteiger partial charge on any atom is 0.231 e. The first-order valence-electron chi connectivity index (χ1n) is 5.28. The van der Waals surface area contributed by atoms with Crippen molar-refractivity contribution in [2.45, 2.75) is 0 Å². The van der Waals surface area contributed by atoms with Crippen molar-refractivity contribution < 1.29 is 9.53 Å². The van der Waals surface area contributed by atoms with E-state index in [1.165, 1.54) is 0 Å². The monoisotopic (exact) mass is 223 g/mol. The smallest absolute Gasteiger partial charge is 0.231 e. The molecule has 0 radical (unpaired) electrons. The number of aromatic nitrogens is 1. The Kier molecular flexibility index (Phi) is 2.22. The zero-order chi connectivity index (χ0) is 11.7. The molecule has 0 saturated carbocycles. The van der Waals surface area contributed by atoms with Crippen LogP contribution in [-0.2, 0) is 0 Å². The fraction of sp³-hybridized carbons (Fsp3) is 0. The van der Waals surface area contributed by atoms with Crippen LogP contribution in [0.5, 0.6) is 5.75 Å². The second-order valence-corrected chi connectivity index (χ2v) is 3.72. The van der Waals surface area contributed by atoms with E-state index in [1.54, 1.807) is 30.6 Å². The van der Waals surface area contributed by atoms with E-state index in [0.29, 0.717) is 17.1 Å². The third kappa shape index (κ3) is 1.72. The van der Waals surface area contributed by atoms with Gasteiger partial charge in [-0.1, -0.05) is 12.1 Å². The number of Topliss-reactive ketones (excluding diaryl/α,β-unsaturated/α-hetero) is 1. The van der Waals surface area contributed by atoms with Crippen molar-refractivity contribution in [1.82, 2.24) is 4.98 Å². The fourth-order valence-electron chi connectivity index (χ4n) is 1.75. The number of allylic oxidation sites excluding steroid dienone is 1. The number of carbonyl (C=O) groups is 1. The number of fused-ring (bicyclic) bond motifs is 1. The highest BCUT2D eigenvalue weighted by Crippen LogP contribution is 2.31. The molecule has 0 saturated heterocycles. The van der Waals surface area contributed by atoms with Gasteiger partial charge in [-0.15, -0.1) is 0 Å². The number of hydrogen-bond acceptors (Lipinski definition) is 3. The number of ketones is 1. The molecule has 0 aliphatic carbocycles. The predicted octanol–water partition coefficient (Wildman–Crippen LogP) is 2.70. The van der Waals surface area contributed by atoms with Crippen molar-refractivity contribution in [3.05, 3.63) is 65.7 Å². The average molecular weight is 223 g/mol.